The number of hydrogen-bond donors (Lipinski definition) is 1. The Bertz CT molecular complexity index is 229. The topological polar surface area (TPSA) is 35.2 Å². The van der Waals surface area contributed by atoms with Gasteiger partial charge in [0.05, 0.1) is 5.60 Å². The third-order valence-electron chi connectivity index (χ3n) is 5.04. The van der Waals surface area contributed by atoms with Crippen molar-refractivity contribution in [3.8, 4) is 0 Å². The summed E-state index contributed by atoms with van der Waals surface area (Å²) in [5.74, 6) is 1.75. The maximum Gasteiger partial charge on any atom is 0.0832 e. The molecule has 0 aliphatic heterocycles. The lowest BCUT2D eigenvalue weighted by molar-refractivity contribution is -0.0939. The molecule has 100 valence electrons. The monoisotopic (exact) mass is 239 g/mol. The van der Waals surface area contributed by atoms with Crippen LogP contribution < -0.4 is 5.73 Å². The van der Waals surface area contributed by atoms with Crippen molar-refractivity contribution in [1.29, 1.82) is 0 Å². The average Bonchev–Trinajstić information content (AvgIpc) is 2.27. The summed E-state index contributed by atoms with van der Waals surface area (Å²) in [6, 6.07) is 0.264. The van der Waals surface area contributed by atoms with Crippen LogP contribution in [-0.4, -0.2) is 18.2 Å². The first-order chi connectivity index (χ1) is 8.16. The molecule has 0 saturated heterocycles. The predicted octanol–water partition coefficient (Wildman–Crippen LogP) is 3.49. The van der Waals surface area contributed by atoms with Crippen molar-refractivity contribution in [3.63, 3.8) is 0 Å². The van der Waals surface area contributed by atoms with Gasteiger partial charge >= 0.3 is 0 Å². The SMILES string of the molecule is CCOC1(C(N)CC2CCC2)CCC(C)CC1. The Labute approximate surface area is 106 Å². The molecule has 2 nitrogen and oxygen atoms in total. The summed E-state index contributed by atoms with van der Waals surface area (Å²) in [6.45, 7) is 5.27. The lowest BCUT2D eigenvalue weighted by Crippen LogP contribution is -2.53. The van der Waals surface area contributed by atoms with E-state index in [4.69, 9.17) is 10.5 Å². The molecule has 0 aromatic rings. The van der Waals surface area contributed by atoms with Crippen LogP contribution in [0.25, 0.3) is 0 Å². The van der Waals surface area contributed by atoms with Crippen LogP contribution in [0.4, 0.5) is 0 Å². The molecule has 2 fully saturated rings. The zero-order valence-corrected chi connectivity index (χ0v) is 11.6. The summed E-state index contributed by atoms with van der Waals surface area (Å²) in [7, 11) is 0. The van der Waals surface area contributed by atoms with Crippen LogP contribution >= 0.6 is 0 Å². The van der Waals surface area contributed by atoms with Gasteiger partial charge in [-0.3, -0.25) is 0 Å². The minimum atomic E-state index is 0.0108. The van der Waals surface area contributed by atoms with Crippen molar-refractivity contribution in [2.75, 3.05) is 6.61 Å². The summed E-state index contributed by atoms with van der Waals surface area (Å²) < 4.78 is 6.13. The molecule has 17 heavy (non-hydrogen) atoms. The largest absolute Gasteiger partial charge is 0.374 e. The van der Waals surface area contributed by atoms with Gasteiger partial charge in [-0.25, -0.2) is 0 Å². The molecule has 1 unspecified atom stereocenters. The Balaban J connectivity index is 1.93. The molecular formula is C15H29NO. The van der Waals surface area contributed by atoms with E-state index in [1.165, 1.54) is 51.4 Å². The minimum absolute atomic E-state index is 0.0108. The second-order valence-corrected chi connectivity index (χ2v) is 6.32. The fraction of sp³-hybridized carbons (Fsp3) is 1.00. The summed E-state index contributed by atoms with van der Waals surface area (Å²) >= 11 is 0. The van der Waals surface area contributed by atoms with Crippen molar-refractivity contribution >= 4 is 0 Å². The van der Waals surface area contributed by atoms with Crippen molar-refractivity contribution in [1.82, 2.24) is 0 Å². The van der Waals surface area contributed by atoms with Gasteiger partial charge in [-0.2, -0.15) is 0 Å². The Morgan fingerprint density at radius 1 is 1.24 bits per heavy atom. The summed E-state index contributed by atoms with van der Waals surface area (Å²) in [5.41, 5.74) is 6.51. The van der Waals surface area contributed by atoms with Gasteiger partial charge in [0.25, 0.3) is 0 Å². The summed E-state index contributed by atoms with van der Waals surface area (Å²) in [6.07, 6.45) is 10.3. The van der Waals surface area contributed by atoms with Crippen molar-refractivity contribution < 1.29 is 4.74 Å². The van der Waals surface area contributed by atoms with E-state index in [-0.39, 0.29) is 11.6 Å². The molecule has 2 aliphatic carbocycles. The number of rotatable bonds is 5. The van der Waals surface area contributed by atoms with Gasteiger partial charge in [0.15, 0.2) is 0 Å². The molecule has 2 saturated carbocycles. The molecule has 0 heterocycles. The van der Waals surface area contributed by atoms with Crippen LogP contribution in [0.2, 0.25) is 0 Å². The molecule has 0 bridgehead atoms. The normalized spacial score (nSPS) is 36.5. The van der Waals surface area contributed by atoms with E-state index in [0.29, 0.717) is 0 Å². The van der Waals surface area contributed by atoms with E-state index in [1.807, 2.05) is 0 Å². The highest BCUT2D eigenvalue weighted by Crippen LogP contribution is 2.40. The first-order valence-electron chi connectivity index (χ1n) is 7.56. The zero-order chi connectivity index (χ0) is 12.3. The first-order valence-corrected chi connectivity index (χ1v) is 7.56. The van der Waals surface area contributed by atoms with Gasteiger partial charge in [-0.15, -0.1) is 0 Å². The Hall–Kier alpha value is -0.0800. The summed E-state index contributed by atoms with van der Waals surface area (Å²) in [4.78, 5) is 0. The first kappa shape index (κ1) is 13.4. The standard InChI is InChI=1S/C15H29NO/c1-3-17-15(9-7-12(2)8-10-15)14(16)11-13-5-4-6-13/h12-14H,3-11,16H2,1-2H3. The van der Waals surface area contributed by atoms with Crippen LogP contribution in [0.15, 0.2) is 0 Å². The quantitative estimate of drug-likeness (QED) is 0.797. The lowest BCUT2D eigenvalue weighted by Gasteiger charge is -2.45. The molecule has 0 radical (unpaired) electrons. The molecule has 2 aliphatic rings. The highest BCUT2D eigenvalue weighted by atomic mass is 16.5. The van der Waals surface area contributed by atoms with Crippen molar-refractivity contribution in [2.24, 2.45) is 17.6 Å². The molecule has 2 heteroatoms. The van der Waals surface area contributed by atoms with Crippen molar-refractivity contribution in [3.05, 3.63) is 0 Å². The molecular weight excluding hydrogens is 210 g/mol. The maximum absolute atomic E-state index is 6.50. The van der Waals surface area contributed by atoms with Crippen LogP contribution in [0.3, 0.4) is 0 Å². The number of hydrogen-bond acceptors (Lipinski definition) is 2. The van der Waals surface area contributed by atoms with E-state index < -0.39 is 0 Å². The predicted molar refractivity (Wildman–Crippen MR) is 71.9 cm³/mol. The van der Waals surface area contributed by atoms with E-state index in [9.17, 15) is 0 Å². The Morgan fingerprint density at radius 2 is 1.88 bits per heavy atom. The van der Waals surface area contributed by atoms with Gasteiger partial charge in [-0.1, -0.05) is 26.2 Å². The van der Waals surface area contributed by atoms with Gasteiger partial charge in [0, 0.05) is 12.6 Å². The Morgan fingerprint density at radius 3 is 2.35 bits per heavy atom. The van der Waals surface area contributed by atoms with Gasteiger partial charge in [-0.05, 0) is 50.9 Å². The highest BCUT2D eigenvalue weighted by Gasteiger charge is 2.41. The molecule has 1 atom stereocenters. The molecule has 0 spiro atoms. The Kier molecular flexibility index (Phi) is 4.48. The summed E-state index contributed by atoms with van der Waals surface area (Å²) in [5, 5.41) is 0. The van der Waals surface area contributed by atoms with E-state index >= 15 is 0 Å². The second-order valence-electron chi connectivity index (χ2n) is 6.32. The van der Waals surface area contributed by atoms with Crippen molar-refractivity contribution in [2.45, 2.75) is 76.9 Å². The lowest BCUT2D eigenvalue weighted by atomic mass is 9.71. The molecule has 0 aromatic heterocycles. The number of ether oxygens (including phenoxy) is 1. The smallest absolute Gasteiger partial charge is 0.0832 e. The molecule has 2 N–H and O–H groups in total. The average molecular weight is 239 g/mol. The fourth-order valence-electron chi connectivity index (χ4n) is 3.46. The maximum atomic E-state index is 6.50. The van der Waals surface area contributed by atoms with Crippen LogP contribution in [-0.2, 0) is 4.74 Å². The molecule has 0 aromatic carbocycles. The zero-order valence-electron chi connectivity index (χ0n) is 11.6. The van der Waals surface area contributed by atoms with Crippen LogP contribution in [0.5, 0.6) is 0 Å². The van der Waals surface area contributed by atoms with Gasteiger partial charge in [0.2, 0.25) is 0 Å². The minimum Gasteiger partial charge on any atom is -0.374 e. The third-order valence-corrected chi connectivity index (χ3v) is 5.04. The van der Waals surface area contributed by atoms with Gasteiger partial charge < -0.3 is 10.5 Å². The van der Waals surface area contributed by atoms with E-state index in [0.717, 1.165) is 18.4 Å². The van der Waals surface area contributed by atoms with E-state index in [1.54, 1.807) is 0 Å². The highest BCUT2D eigenvalue weighted by molar-refractivity contribution is 4.96. The second kappa shape index (κ2) is 5.71. The van der Waals surface area contributed by atoms with E-state index in [2.05, 4.69) is 13.8 Å². The van der Waals surface area contributed by atoms with Crippen LogP contribution in [0, 0.1) is 11.8 Å². The van der Waals surface area contributed by atoms with Crippen LogP contribution in [0.1, 0.15) is 65.2 Å². The molecule has 0 amide bonds. The third kappa shape index (κ3) is 3.03. The molecule has 2 rings (SSSR count). The van der Waals surface area contributed by atoms with Gasteiger partial charge in [0.1, 0.15) is 0 Å². The number of nitrogens with two attached hydrogens (primary N) is 1. The fourth-order valence-corrected chi connectivity index (χ4v) is 3.46.